The number of fused-ring (bicyclic) bond motifs is 1. The van der Waals surface area contributed by atoms with E-state index in [4.69, 9.17) is 10.5 Å². The van der Waals surface area contributed by atoms with Crippen molar-refractivity contribution in [3.8, 4) is 5.75 Å². The van der Waals surface area contributed by atoms with Crippen LogP contribution in [0.1, 0.15) is 11.1 Å². The summed E-state index contributed by atoms with van der Waals surface area (Å²) in [5.41, 5.74) is 7.14. The van der Waals surface area contributed by atoms with Crippen LogP contribution >= 0.6 is 0 Å². The molecule has 1 aromatic carbocycles. The summed E-state index contributed by atoms with van der Waals surface area (Å²) >= 11 is 0. The Morgan fingerprint density at radius 2 is 2.05 bits per heavy atom. The molecule has 6 heteroatoms. The van der Waals surface area contributed by atoms with Crippen molar-refractivity contribution in [1.29, 1.82) is 0 Å². The fourth-order valence-electron chi connectivity index (χ4n) is 2.25. The lowest BCUT2D eigenvalue weighted by Gasteiger charge is -2.07. The quantitative estimate of drug-likeness (QED) is 0.930. The lowest BCUT2D eigenvalue weighted by atomic mass is 10.1. The van der Waals surface area contributed by atoms with Gasteiger partial charge in [0.15, 0.2) is 0 Å². The molecule has 1 aromatic heterocycles. The molecule has 0 spiro atoms. The molecule has 3 rings (SSSR count). The standard InChI is InChI=1S/C15H14N2O3S/c16-8-11-3-1-5-15-14(11)7-13(21(15,18)19)10-20-12-4-2-6-17-9-12/h1-7,9H,8,10,16H2. The first kappa shape index (κ1) is 13.8. The summed E-state index contributed by atoms with van der Waals surface area (Å²) in [6.45, 7) is 0.276. The maximum Gasteiger partial charge on any atom is 0.206 e. The van der Waals surface area contributed by atoms with Gasteiger partial charge in [0.25, 0.3) is 0 Å². The summed E-state index contributed by atoms with van der Waals surface area (Å²) < 4.78 is 30.4. The van der Waals surface area contributed by atoms with E-state index in [1.54, 1.807) is 42.7 Å². The number of aromatic nitrogens is 1. The van der Waals surface area contributed by atoms with Gasteiger partial charge in [0.1, 0.15) is 12.4 Å². The molecule has 108 valence electrons. The van der Waals surface area contributed by atoms with Crippen LogP contribution < -0.4 is 10.5 Å². The first-order valence-electron chi connectivity index (χ1n) is 6.43. The molecule has 0 amide bonds. The van der Waals surface area contributed by atoms with Crippen molar-refractivity contribution in [3.63, 3.8) is 0 Å². The molecule has 0 saturated heterocycles. The molecule has 21 heavy (non-hydrogen) atoms. The number of rotatable bonds is 4. The minimum absolute atomic E-state index is 0.0211. The van der Waals surface area contributed by atoms with Crippen molar-refractivity contribution in [2.24, 2.45) is 5.73 Å². The predicted molar refractivity (Wildman–Crippen MR) is 79.2 cm³/mol. The molecular weight excluding hydrogens is 288 g/mol. The monoisotopic (exact) mass is 302 g/mol. The van der Waals surface area contributed by atoms with Crippen LogP contribution in [0.2, 0.25) is 0 Å². The smallest absolute Gasteiger partial charge is 0.206 e. The van der Waals surface area contributed by atoms with Gasteiger partial charge in [-0.2, -0.15) is 0 Å². The van der Waals surface area contributed by atoms with Crippen molar-refractivity contribution in [1.82, 2.24) is 4.98 Å². The number of nitrogens with zero attached hydrogens (tertiary/aromatic N) is 1. The van der Waals surface area contributed by atoms with E-state index in [9.17, 15) is 8.42 Å². The van der Waals surface area contributed by atoms with Gasteiger partial charge in [0.05, 0.1) is 16.0 Å². The highest BCUT2D eigenvalue weighted by Gasteiger charge is 2.31. The molecule has 2 N–H and O–H groups in total. The van der Waals surface area contributed by atoms with Crippen molar-refractivity contribution < 1.29 is 13.2 Å². The molecule has 0 bridgehead atoms. The van der Waals surface area contributed by atoms with Crippen LogP contribution in [0.25, 0.3) is 6.08 Å². The SMILES string of the molecule is NCc1cccc2c1C=C(COc1cccnc1)S2(=O)=O. The number of pyridine rings is 1. The van der Waals surface area contributed by atoms with Crippen LogP contribution in [-0.4, -0.2) is 20.0 Å². The zero-order valence-corrected chi connectivity index (χ0v) is 12.0. The summed E-state index contributed by atoms with van der Waals surface area (Å²) in [6, 6.07) is 8.59. The normalized spacial score (nSPS) is 15.4. The lowest BCUT2D eigenvalue weighted by molar-refractivity contribution is 0.357. The molecule has 0 saturated carbocycles. The van der Waals surface area contributed by atoms with Gasteiger partial charge < -0.3 is 10.5 Å². The Hall–Kier alpha value is -2.18. The highest BCUT2D eigenvalue weighted by molar-refractivity contribution is 7.95. The van der Waals surface area contributed by atoms with Gasteiger partial charge in [-0.1, -0.05) is 12.1 Å². The minimum Gasteiger partial charge on any atom is -0.487 e. The van der Waals surface area contributed by atoms with E-state index < -0.39 is 9.84 Å². The van der Waals surface area contributed by atoms with E-state index >= 15 is 0 Å². The van der Waals surface area contributed by atoms with Gasteiger partial charge in [-0.25, -0.2) is 8.42 Å². The highest BCUT2D eigenvalue weighted by Crippen LogP contribution is 2.34. The largest absolute Gasteiger partial charge is 0.487 e. The Morgan fingerprint density at radius 1 is 1.19 bits per heavy atom. The van der Waals surface area contributed by atoms with Crippen LogP contribution in [0.3, 0.4) is 0 Å². The number of ether oxygens (including phenoxy) is 1. The topological polar surface area (TPSA) is 82.3 Å². The van der Waals surface area contributed by atoms with E-state index in [0.29, 0.717) is 22.8 Å². The number of hydrogen-bond donors (Lipinski definition) is 1. The Labute approximate surface area is 123 Å². The molecule has 1 aliphatic rings. The summed E-state index contributed by atoms with van der Waals surface area (Å²) in [6.07, 6.45) is 4.81. The van der Waals surface area contributed by atoms with Gasteiger partial charge in [-0.05, 0) is 35.4 Å². The van der Waals surface area contributed by atoms with Crippen molar-refractivity contribution in [2.75, 3.05) is 6.61 Å². The van der Waals surface area contributed by atoms with Gasteiger partial charge in [0, 0.05) is 12.7 Å². The lowest BCUT2D eigenvalue weighted by Crippen LogP contribution is -2.09. The minimum atomic E-state index is -3.49. The third-order valence-corrected chi connectivity index (χ3v) is 5.19. The van der Waals surface area contributed by atoms with E-state index in [-0.39, 0.29) is 11.5 Å². The summed E-state index contributed by atoms with van der Waals surface area (Å²) in [5.74, 6) is 0.531. The summed E-state index contributed by atoms with van der Waals surface area (Å²) in [4.78, 5) is 4.46. The van der Waals surface area contributed by atoms with E-state index in [0.717, 1.165) is 5.56 Å². The maximum absolute atomic E-state index is 12.5. The molecule has 5 nitrogen and oxygen atoms in total. The number of benzene rings is 1. The van der Waals surface area contributed by atoms with Gasteiger partial charge in [-0.15, -0.1) is 0 Å². The first-order chi connectivity index (χ1) is 10.1. The summed E-state index contributed by atoms with van der Waals surface area (Å²) in [7, 11) is -3.49. The second-order valence-electron chi connectivity index (χ2n) is 4.62. The fraction of sp³-hybridized carbons (Fsp3) is 0.133. The Kier molecular flexibility index (Phi) is 3.48. The predicted octanol–water partition coefficient (Wildman–Crippen LogP) is 1.75. The zero-order valence-electron chi connectivity index (χ0n) is 11.2. The molecule has 2 heterocycles. The molecule has 0 radical (unpaired) electrons. The van der Waals surface area contributed by atoms with Crippen LogP contribution in [0.4, 0.5) is 0 Å². The Bertz CT molecular complexity index is 799. The second-order valence-corrected chi connectivity index (χ2v) is 6.60. The molecule has 2 aromatic rings. The van der Waals surface area contributed by atoms with Crippen LogP contribution in [0.15, 0.2) is 52.5 Å². The first-order valence-corrected chi connectivity index (χ1v) is 7.91. The average Bonchev–Trinajstić information content (AvgIpc) is 2.77. The number of sulfone groups is 1. The Balaban J connectivity index is 1.91. The third-order valence-electron chi connectivity index (χ3n) is 3.33. The van der Waals surface area contributed by atoms with Gasteiger partial charge >= 0.3 is 0 Å². The van der Waals surface area contributed by atoms with Gasteiger partial charge in [0.2, 0.25) is 9.84 Å². The number of nitrogens with two attached hydrogens (primary N) is 1. The third kappa shape index (κ3) is 2.43. The highest BCUT2D eigenvalue weighted by atomic mass is 32.2. The molecule has 0 atom stereocenters. The van der Waals surface area contributed by atoms with E-state index in [2.05, 4.69) is 4.98 Å². The fourth-order valence-corrected chi connectivity index (χ4v) is 3.76. The van der Waals surface area contributed by atoms with E-state index in [1.807, 2.05) is 6.07 Å². The van der Waals surface area contributed by atoms with Crippen molar-refractivity contribution in [2.45, 2.75) is 11.4 Å². The van der Waals surface area contributed by atoms with Gasteiger partial charge in [-0.3, -0.25) is 4.98 Å². The van der Waals surface area contributed by atoms with Crippen molar-refractivity contribution >= 4 is 15.9 Å². The van der Waals surface area contributed by atoms with Crippen LogP contribution in [0, 0.1) is 0 Å². The molecular formula is C15H14N2O3S. The molecule has 0 aliphatic carbocycles. The molecule has 0 fully saturated rings. The number of hydrogen-bond acceptors (Lipinski definition) is 5. The van der Waals surface area contributed by atoms with Crippen LogP contribution in [-0.2, 0) is 16.4 Å². The van der Waals surface area contributed by atoms with Crippen LogP contribution in [0.5, 0.6) is 5.75 Å². The van der Waals surface area contributed by atoms with E-state index in [1.165, 1.54) is 0 Å². The van der Waals surface area contributed by atoms with Crippen molar-refractivity contribution in [3.05, 3.63) is 58.8 Å². The Morgan fingerprint density at radius 3 is 2.76 bits per heavy atom. The second kappa shape index (κ2) is 5.31. The summed E-state index contributed by atoms with van der Waals surface area (Å²) in [5, 5.41) is 0. The average molecular weight is 302 g/mol. The molecule has 1 aliphatic heterocycles. The molecule has 0 unspecified atom stereocenters. The zero-order chi connectivity index (χ0) is 14.9. The maximum atomic E-state index is 12.5.